The van der Waals surface area contributed by atoms with Crippen molar-refractivity contribution in [3.05, 3.63) is 12.2 Å². The van der Waals surface area contributed by atoms with Crippen LogP contribution >= 0.6 is 0 Å². The number of hydrogen-bond donors (Lipinski definition) is 0. The van der Waals surface area contributed by atoms with Crippen molar-refractivity contribution in [3.63, 3.8) is 0 Å². The van der Waals surface area contributed by atoms with Crippen molar-refractivity contribution in [2.45, 2.75) is 147 Å². The maximum Gasteiger partial charge on any atom is -0.0172 e. The van der Waals surface area contributed by atoms with Crippen molar-refractivity contribution in [3.8, 4) is 0 Å². The molecule has 0 aliphatic heterocycles. The molecule has 0 heteroatoms. The van der Waals surface area contributed by atoms with Gasteiger partial charge in [-0.25, -0.2) is 0 Å². The molecule has 10 atom stereocenters. The normalized spacial score (nSPS) is 51.7. The summed E-state index contributed by atoms with van der Waals surface area (Å²) in [4.78, 5) is 0. The Kier molecular flexibility index (Phi) is 8.21. The number of hydrogen-bond acceptors (Lipinski definition) is 0. The highest BCUT2D eigenvalue weighted by Crippen LogP contribution is 2.77. The summed E-state index contributed by atoms with van der Waals surface area (Å²) in [7, 11) is 0. The molecule has 0 aromatic heterocycles. The lowest BCUT2D eigenvalue weighted by atomic mass is 9.32. The molecule has 0 bridgehead atoms. The predicted octanol–water partition coefficient (Wildman–Crippen LogP) is 11.4. The van der Waals surface area contributed by atoms with E-state index in [2.05, 4.69) is 62.0 Å². The van der Waals surface area contributed by atoms with Gasteiger partial charge in [-0.05, 0) is 134 Å². The lowest BCUT2D eigenvalue weighted by Gasteiger charge is -2.73. The second kappa shape index (κ2) is 9.80. The second-order valence-corrected chi connectivity index (χ2v) is 15.1. The van der Waals surface area contributed by atoms with Crippen molar-refractivity contribution in [2.24, 2.45) is 62.6 Å². The topological polar surface area (TPSA) is 0 Å². The quantitative estimate of drug-likeness (QED) is 0.324. The fourth-order valence-electron chi connectivity index (χ4n) is 11.7. The van der Waals surface area contributed by atoms with Crippen LogP contribution in [0.3, 0.4) is 0 Å². The van der Waals surface area contributed by atoms with E-state index in [0.29, 0.717) is 27.1 Å². The lowest BCUT2D eigenvalue weighted by molar-refractivity contribution is -0.240. The Morgan fingerprint density at radius 2 is 1.29 bits per heavy atom. The summed E-state index contributed by atoms with van der Waals surface area (Å²) in [5, 5.41) is 0. The predicted molar refractivity (Wildman–Crippen MR) is 157 cm³/mol. The van der Waals surface area contributed by atoms with E-state index in [9.17, 15) is 0 Å². The van der Waals surface area contributed by atoms with E-state index in [4.69, 9.17) is 0 Å². The van der Waals surface area contributed by atoms with E-state index >= 15 is 0 Å². The second-order valence-electron chi connectivity index (χ2n) is 15.1. The van der Waals surface area contributed by atoms with Crippen LogP contribution in [0.2, 0.25) is 0 Å². The average molecular weight is 485 g/mol. The van der Waals surface area contributed by atoms with Gasteiger partial charge in [-0.3, -0.25) is 0 Å². The van der Waals surface area contributed by atoms with Gasteiger partial charge in [0.2, 0.25) is 0 Å². The monoisotopic (exact) mass is 485 g/mol. The lowest BCUT2D eigenvalue weighted by Crippen LogP contribution is -2.65. The molecule has 0 radical (unpaired) electrons. The molecular weight excluding hydrogens is 420 g/mol. The Labute approximate surface area is 221 Å². The molecule has 0 heterocycles. The van der Waals surface area contributed by atoms with Crippen molar-refractivity contribution in [1.82, 2.24) is 0 Å². The maximum absolute atomic E-state index is 4.51. The molecule has 0 nitrogen and oxygen atoms in total. The molecule has 5 rings (SSSR count). The van der Waals surface area contributed by atoms with E-state index in [1.165, 1.54) is 69.8 Å². The van der Waals surface area contributed by atoms with Gasteiger partial charge in [0, 0.05) is 0 Å². The van der Waals surface area contributed by atoms with E-state index in [0.717, 1.165) is 35.5 Å². The first-order valence-electron chi connectivity index (χ1n) is 16.0. The molecular formula is C35H64. The van der Waals surface area contributed by atoms with Crippen LogP contribution < -0.4 is 0 Å². The van der Waals surface area contributed by atoms with Crippen LogP contribution in [0.1, 0.15) is 147 Å². The highest BCUT2D eigenvalue weighted by molar-refractivity contribution is 5.20. The molecule has 0 amide bonds. The zero-order valence-electron chi connectivity index (χ0n) is 26.2. The minimum absolute atomic E-state index is 0.508. The van der Waals surface area contributed by atoms with Gasteiger partial charge in [0.15, 0.2) is 0 Å². The van der Waals surface area contributed by atoms with Gasteiger partial charge in [-0.15, -0.1) is 0 Å². The molecule has 0 aromatic carbocycles. The molecule has 0 saturated heterocycles. The SMILES string of the molecule is C=C(C)[C@@H]1CCC2(C)CC[C@]3(C)C(CCC4C5(C)CCC(C)C(C)(C)C5CCC43C)C12.CC.CC. The Morgan fingerprint density at radius 1 is 0.657 bits per heavy atom. The summed E-state index contributed by atoms with van der Waals surface area (Å²) in [6, 6.07) is 0. The highest BCUT2D eigenvalue weighted by Gasteiger charge is 2.70. The number of rotatable bonds is 1. The van der Waals surface area contributed by atoms with Gasteiger partial charge in [-0.1, -0.05) is 88.3 Å². The third kappa shape index (κ3) is 3.95. The fraction of sp³-hybridized carbons (Fsp3) is 0.943. The summed E-state index contributed by atoms with van der Waals surface area (Å²) in [6.45, 7) is 33.6. The third-order valence-corrected chi connectivity index (χ3v) is 14.0. The standard InChI is InChI=1S/C31H52.2C2H6/c1-20(2)22-13-15-28(6)18-19-30(8)23(26(22)28)10-11-25-29(7)16-12-21(3)27(4,5)24(29)14-17-31(25,30)9;2*1-2/h21-26H,1,10-19H2,2-9H3;2*1-2H3/t21?,22-,23?,24?,25?,26?,28?,29?,30+,31?;;/m0../s1. The molecule has 5 saturated carbocycles. The van der Waals surface area contributed by atoms with Crippen LogP contribution in [-0.2, 0) is 0 Å². The van der Waals surface area contributed by atoms with Crippen LogP contribution in [0.5, 0.6) is 0 Å². The first-order valence-corrected chi connectivity index (χ1v) is 16.0. The van der Waals surface area contributed by atoms with Crippen LogP contribution in [0, 0.1) is 62.6 Å². The Balaban J connectivity index is 0.000000815. The van der Waals surface area contributed by atoms with Crippen molar-refractivity contribution in [2.75, 3.05) is 0 Å². The molecule has 35 heavy (non-hydrogen) atoms. The number of allylic oxidation sites excluding steroid dienone is 1. The number of fused-ring (bicyclic) bond motifs is 7. The first kappa shape index (κ1) is 29.3. The molecule has 0 aromatic rings. The van der Waals surface area contributed by atoms with E-state index in [-0.39, 0.29) is 0 Å². The summed E-state index contributed by atoms with van der Waals surface area (Å²) in [5.41, 5.74) is 4.19. The summed E-state index contributed by atoms with van der Waals surface area (Å²) < 4.78 is 0. The van der Waals surface area contributed by atoms with Crippen molar-refractivity contribution >= 4 is 0 Å². The van der Waals surface area contributed by atoms with Gasteiger partial charge in [0.1, 0.15) is 0 Å². The molecule has 8 unspecified atom stereocenters. The largest absolute Gasteiger partial charge is 0.0998 e. The van der Waals surface area contributed by atoms with E-state index in [1.54, 1.807) is 0 Å². The van der Waals surface area contributed by atoms with Crippen LogP contribution in [0.15, 0.2) is 12.2 Å². The van der Waals surface area contributed by atoms with Gasteiger partial charge in [-0.2, -0.15) is 0 Å². The zero-order valence-corrected chi connectivity index (χ0v) is 26.2. The molecule has 0 spiro atoms. The highest BCUT2D eigenvalue weighted by atomic mass is 14.7. The maximum atomic E-state index is 4.51. The van der Waals surface area contributed by atoms with Crippen molar-refractivity contribution in [1.29, 1.82) is 0 Å². The smallest absolute Gasteiger partial charge is 0.0172 e. The first-order chi connectivity index (χ1) is 16.3. The van der Waals surface area contributed by atoms with Crippen molar-refractivity contribution < 1.29 is 0 Å². The van der Waals surface area contributed by atoms with E-state index in [1.807, 2.05) is 27.7 Å². The van der Waals surface area contributed by atoms with E-state index < -0.39 is 0 Å². The van der Waals surface area contributed by atoms with Gasteiger partial charge in [0.05, 0.1) is 0 Å². The summed E-state index contributed by atoms with van der Waals surface area (Å²) in [5.74, 6) is 5.34. The van der Waals surface area contributed by atoms with Crippen LogP contribution in [0.4, 0.5) is 0 Å². The minimum atomic E-state index is 0.508. The Morgan fingerprint density at radius 3 is 1.89 bits per heavy atom. The Hall–Kier alpha value is -0.260. The fourth-order valence-corrected chi connectivity index (χ4v) is 11.7. The Bertz CT molecular complexity index is 760. The van der Waals surface area contributed by atoms with Crippen LogP contribution in [0.25, 0.3) is 0 Å². The zero-order chi connectivity index (χ0) is 26.6. The molecule has 204 valence electrons. The van der Waals surface area contributed by atoms with Gasteiger partial charge in [0.25, 0.3) is 0 Å². The minimum Gasteiger partial charge on any atom is -0.0998 e. The molecule has 0 N–H and O–H groups in total. The molecule has 5 aliphatic rings. The summed E-state index contributed by atoms with van der Waals surface area (Å²) >= 11 is 0. The third-order valence-electron chi connectivity index (χ3n) is 14.0. The van der Waals surface area contributed by atoms with Gasteiger partial charge >= 0.3 is 0 Å². The van der Waals surface area contributed by atoms with Gasteiger partial charge < -0.3 is 0 Å². The molecule has 5 fully saturated rings. The van der Waals surface area contributed by atoms with Crippen LogP contribution in [-0.4, -0.2) is 0 Å². The average Bonchev–Trinajstić information content (AvgIpc) is 3.18. The molecule has 5 aliphatic carbocycles. The summed E-state index contributed by atoms with van der Waals surface area (Å²) in [6.07, 6.45) is 14.7.